The van der Waals surface area contributed by atoms with Gasteiger partial charge in [-0.2, -0.15) is 10.5 Å². The van der Waals surface area contributed by atoms with Gasteiger partial charge in [0.2, 0.25) is 5.89 Å². The largest absolute Gasteiger partial charge is 0.338 e. The third-order valence-electron chi connectivity index (χ3n) is 3.01. The molecule has 1 fully saturated rings. The molecule has 2 heterocycles. The Morgan fingerprint density at radius 1 is 1.25 bits per heavy atom. The summed E-state index contributed by atoms with van der Waals surface area (Å²) in [4.78, 5) is 4.42. The molecule has 1 aromatic carbocycles. The van der Waals surface area contributed by atoms with E-state index < -0.39 is 0 Å². The maximum absolute atomic E-state index is 5.26. The highest BCUT2D eigenvalue weighted by Gasteiger charge is 2.15. The number of nitrogens with one attached hydrogen (secondary N) is 3. The number of hydrazine groups is 2. The standard InChI is InChI=1S/C13H17N5OS/c1-2-4-10(5-3-1)6-7-11-15-12(19-17-11)9-20-13-8-14-18-16-13/h1-5,13-14,16,18H,6-9H2. The molecule has 0 radical (unpaired) electrons. The average Bonchev–Trinajstić information content (AvgIpc) is 3.16. The molecule has 0 aliphatic carbocycles. The van der Waals surface area contributed by atoms with Crippen LogP contribution < -0.4 is 16.4 Å². The third-order valence-corrected chi connectivity index (χ3v) is 4.11. The van der Waals surface area contributed by atoms with Crippen molar-refractivity contribution >= 4 is 11.8 Å². The lowest BCUT2D eigenvalue weighted by Gasteiger charge is -2.04. The van der Waals surface area contributed by atoms with E-state index in [1.54, 1.807) is 11.8 Å². The molecule has 20 heavy (non-hydrogen) atoms. The van der Waals surface area contributed by atoms with Crippen LogP contribution in [-0.2, 0) is 18.6 Å². The van der Waals surface area contributed by atoms with Gasteiger partial charge in [0.25, 0.3) is 0 Å². The van der Waals surface area contributed by atoms with E-state index in [0.717, 1.165) is 31.0 Å². The Labute approximate surface area is 121 Å². The summed E-state index contributed by atoms with van der Waals surface area (Å²) >= 11 is 1.73. The molecule has 1 aromatic heterocycles. The van der Waals surface area contributed by atoms with Gasteiger partial charge in [0.1, 0.15) is 0 Å². The van der Waals surface area contributed by atoms with Crippen LogP contribution in [0.2, 0.25) is 0 Å². The molecule has 106 valence electrons. The van der Waals surface area contributed by atoms with E-state index in [4.69, 9.17) is 4.52 Å². The first-order valence-electron chi connectivity index (χ1n) is 6.60. The molecule has 1 unspecified atom stereocenters. The Kier molecular flexibility index (Phi) is 4.65. The molecule has 3 N–H and O–H groups in total. The van der Waals surface area contributed by atoms with Crippen molar-refractivity contribution in [3.63, 3.8) is 0 Å². The van der Waals surface area contributed by atoms with Crippen LogP contribution in [0.25, 0.3) is 0 Å². The number of thioether (sulfide) groups is 1. The minimum atomic E-state index is 0.328. The smallest absolute Gasteiger partial charge is 0.236 e. The number of hydrogen-bond donors (Lipinski definition) is 3. The van der Waals surface area contributed by atoms with Gasteiger partial charge < -0.3 is 4.52 Å². The molecule has 0 saturated carbocycles. The lowest BCUT2D eigenvalue weighted by atomic mass is 10.1. The maximum Gasteiger partial charge on any atom is 0.236 e. The predicted molar refractivity (Wildman–Crippen MR) is 77.5 cm³/mol. The predicted octanol–water partition coefficient (Wildman–Crippen LogP) is 1.03. The van der Waals surface area contributed by atoms with E-state index in [-0.39, 0.29) is 0 Å². The van der Waals surface area contributed by atoms with E-state index in [0.29, 0.717) is 11.3 Å². The minimum absolute atomic E-state index is 0.328. The van der Waals surface area contributed by atoms with Crippen molar-refractivity contribution < 1.29 is 4.52 Å². The summed E-state index contributed by atoms with van der Waals surface area (Å²) in [6.45, 7) is 0.875. The Hall–Kier alpha value is -1.41. The lowest BCUT2D eigenvalue weighted by Crippen LogP contribution is -2.32. The number of aromatic nitrogens is 2. The average molecular weight is 291 g/mol. The number of hydrogen-bond acceptors (Lipinski definition) is 7. The molecule has 7 heteroatoms. The van der Waals surface area contributed by atoms with Gasteiger partial charge in [0.05, 0.1) is 11.1 Å². The van der Waals surface area contributed by atoms with Gasteiger partial charge in [-0.15, -0.1) is 11.8 Å². The second-order valence-electron chi connectivity index (χ2n) is 4.54. The van der Waals surface area contributed by atoms with Gasteiger partial charge in [0.15, 0.2) is 5.82 Å². The molecule has 1 atom stereocenters. The maximum atomic E-state index is 5.26. The van der Waals surface area contributed by atoms with Crippen LogP contribution in [0.5, 0.6) is 0 Å². The van der Waals surface area contributed by atoms with Crippen molar-refractivity contribution in [3.8, 4) is 0 Å². The number of benzene rings is 1. The van der Waals surface area contributed by atoms with Crippen LogP contribution >= 0.6 is 11.8 Å². The van der Waals surface area contributed by atoms with Crippen LogP contribution in [0.15, 0.2) is 34.9 Å². The zero-order chi connectivity index (χ0) is 13.6. The summed E-state index contributed by atoms with van der Waals surface area (Å²) in [5.41, 5.74) is 10.3. The Bertz CT molecular complexity index is 527. The van der Waals surface area contributed by atoms with Gasteiger partial charge in [-0.25, -0.2) is 10.9 Å². The molecular weight excluding hydrogens is 274 g/mol. The van der Waals surface area contributed by atoms with Gasteiger partial charge in [0, 0.05) is 13.0 Å². The van der Waals surface area contributed by atoms with Crippen LogP contribution in [0.3, 0.4) is 0 Å². The Morgan fingerprint density at radius 3 is 2.95 bits per heavy atom. The van der Waals surface area contributed by atoms with Crippen molar-refractivity contribution in [2.45, 2.75) is 24.0 Å². The Balaban J connectivity index is 1.46. The Morgan fingerprint density at radius 2 is 2.15 bits per heavy atom. The van der Waals surface area contributed by atoms with E-state index in [1.807, 2.05) is 18.2 Å². The highest BCUT2D eigenvalue weighted by atomic mass is 32.2. The van der Waals surface area contributed by atoms with Crippen molar-refractivity contribution in [3.05, 3.63) is 47.6 Å². The van der Waals surface area contributed by atoms with Crippen LogP contribution in [0.4, 0.5) is 0 Å². The van der Waals surface area contributed by atoms with Crippen LogP contribution in [0.1, 0.15) is 17.3 Å². The van der Waals surface area contributed by atoms with Crippen molar-refractivity contribution in [2.24, 2.45) is 0 Å². The summed E-state index contributed by atoms with van der Waals surface area (Å²) in [5.74, 6) is 2.19. The van der Waals surface area contributed by atoms with Gasteiger partial charge in [-0.3, -0.25) is 0 Å². The fraction of sp³-hybridized carbons (Fsp3) is 0.385. The molecule has 3 rings (SSSR count). The third kappa shape index (κ3) is 3.80. The van der Waals surface area contributed by atoms with Gasteiger partial charge >= 0.3 is 0 Å². The minimum Gasteiger partial charge on any atom is -0.338 e. The quantitative estimate of drug-likeness (QED) is 0.734. The fourth-order valence-electron chi connectivity index (χ4n) is 1.95. The molecule has 0 bridgehead atoms. The van der Waals surface area contributed by atoms with E-state index in [1.165, 1.54) is 5.56 Å². The van der Waals surface area contributed by atoms with Crippen molar-refractivity contribution in [1.29, 1.82) is 0 Å². The molecule has 1 aliphatic rings. The zero-order valence-corrected chi connectivity index (χ0v) is 11.8. The fourth-order valence-corrected chi connectivity index (χ4v) is 2.75. The molecule has 1 aliphatic heterocycles. The second-order valence-corrected chi connectivity index (χ2v) is 5.73. The topological polar surface area (TPSA) is 75.0 Å². The van der Waals surface area contributed by atoms with Crippen LogP contribution in [0, 0.1) is 0 Å². The van der Waals surface area contributed by atoms with E-state index in [9.17, 15) is 0 Å². The number of nitrogens with zero attached hydrogens (tertiary/aromatic N) is 2. The van der Waals surface area contributed by atoms with Gasteiger partial charge in [-0.1, -0.05) is 35.5 Å². The highest BCUT2D eigenvalue weighted by Crippen LogP contribution is 2.15. The summed E-state index contributed by atoms with van der Waals surface area (Å²) in [7, 11) is 0. The molecule has 2 aromatic rings. The molecular formula is C13H17N5OS. The molecule has 1 saturated heterocycles. The SMILES string of the molecule is c1ccc(CCc2noc(CSC3CNNN3)n2)cc1. The zero-order valence-electron chi connectivity index (χ0n) is 11.0. The van der Waals surface area contributed by atoms with Crippen molar-refractivity contribution in [1.82, 2.24) is 26.5 Å². The van der Waals surface area contributed by atoms with E-state index >= 15 is 0 Å². The molecule has 0 spiro atoms. The lowest BCUT2D eigenvalue weighted by molar-refractivity contribution is 0.384. The summed E-state index contributed by atoms with van der Waals surface area (Å²) < 4.78 is 5.26. The number of rotatable bonds is 6. The highest BCUT2D eigenvalue weighted by molar-refractivity contribution is 7.99. The summed E-state index contributed by atoms with van der Waals surface area (Å²) in [5, 5.41) is 4.35. The monoisotopic (exact) mass is 291 g/mol. The second kappa shape index (κ2) is 6.85. The van der Waals surface area contributed by atoms with Gasteiger partial charge in [-0.05, 0) is 12.0 Å². The summed E-state index contributed by atoms with van der Waals surface area (Å²) in [6.07, 6.45) is 1.74. The number of aryl methyl sites for hydroxylation is 2. The molecule has 0 amide bonds. The summed E-state index contributed by atoms with van der Waals surface area (Å²) in [6, 6.07) is 10.3. The normalized spacial score (nSPS) is 18.5. The first-order chi connectivity index (χ1) is 9.90. The first kappa shape index (κ1) is 13.6. The van der Waals surface area contributed by atoms with Crippen LogP contribution in [-0.4, -0.2) is 22.1 Å². The van der Waals surface area contributed by atoms with E-state index in [2.05, 4.69) is 38.7 Å². The molecule has 6 nitrogen and oxygen atoms in total. The first-order valence-corrected chi connectivity index (χ1v) is 7.65. The van der Waals surface area contributed by atoms with Crippen molar-refractivity contribution in [2.75, 3.05) is 6.54 Å².